The summed E-state index contributed by atoms with van der Waals surface area (Å²) in [5.74, 6) is -0.766. The van der Waals surface area contributed by atoms with E-state index in [1.165, 1.54) is 6.20 Å². The second-order valence-corrected chi connectivity index (χ2v) is 5.74. The van der Waals surface area contributed by atoms with E-state index in [2.05, 4.69) is 10.2 Å². The molecule has 1 atom stereocenters. The molecule has 0 saturated carbocycles. The number of alkyl halides is 3. The molecule has 2 N–H and O–H groups in total. The van der Waals surface area contributed by atoms with Gasteiger partial charge in [0.15, 0.2) is 0 Å². The van der Waals surface area contributed by atoms with E-state index in [1.807, 2.05) is 5.32 Å². The number of nitrogens with zero attached hydrogens (tertiary/aromatic N) is 1. The summed E-state index contributed by atoms with van der Waals surface area (Å²) in [6.07, 6.45) is -3.44. The van der Waals surface area contributed by atoms with Crippen molar-refractivity contribution >= 4 is 5.91 Å². The summed E-state index contributed by atoms with van der Waals surface area (Å²) in [6.45, 7) is 6.66. The van der Waals surface area contributed by atoms with Crippen molar-refractivity contribution in [3.63, 3.8) is 0 Å². The minimum atomic E-state index is -4.47. The lowest BCUT2D eigenvalue weighted by Gasteiger charge is -2.28. The van der Waals surface area contributed by atoms with Crippen molar-refractivity contribution in [2.75, 3.05) is 0 Å². The van der Waals surface area contributed by atoms with E-state index in [0.717, 1.165) is 0 Å². The number of rotatable bonds is 3. The first-order chi connectivity index (χ1) is 8.50. The van der Waals surface area contributed by atoms with Crippen molar-refractivity contribution in [2.45, 2.75) is 46.3 Å². The van der Waals surface area contributed by atoms with E-state index in [9.17, 15) is 18.0 Å². The third kappa shape index (κ3) is 4.57. The summed E-state index contributed by atoms with van der Waals surface area (Å²) in [5, 5.41) is 8.17. The van der Waals surface area contributed by atoms with Gasteiger partial charge in [0.05, 0.1) is 11.8 Å². The molecule has 0 spiro atoms. The SMILES string of the molecule is Cc1[nH]ncc1C(=O)NC(CC(C)(C)C)C(F)(F)F. The molecule has 1 aromatic heterocycles. The second-order valence-electron chi connectivity index (χ2n) is 5.74. The Labute approximate surface area is 109 Å². The summed E-state index contributed by atoms with van der Waals surface area (Å²) in [6, 6.07) is -1.87. The summed E-state index contributed by atoms with van der Waals surface area (Å²) >= 11 is 0. The van der Waals surface area contributed by atoms with E-state index < -0.39 is 23.5 Å². The normalized spacial score (nSPS) is 14.3. The van der Waals surface area contributed by atoms with Crippen LogP contribution in [0.25, 0.3) is 0 Å². The first-order valence-electron chi connectivity index (χ1n) is 5.88. The van der Waals surface area contributed by atoms with Crippen molar-refractivity contribution in [3.8, 4) is 0 Å². The van der Waals surface area contributed by atoms with Gasteiger partial charge in [-0.25, -0.2) is 0 Å². The largest absolute Gasteiger partial charge is 0.408 e. The number of H-pyrrole nitrogens is 1. The molecule has 0 aliphatic carbocycles. The van der Waals surface area contributed by atoms with Gasteiger partial charge < -0.3 is 5.32 Å². The van der Waals surface area contributed by atoms with Gasteiger partial charge >= 0.3 is 6.18 Å². The summed E-state index contributed by atoms with van der Waals surface area (Å²) in [7, 11) is 0. The van der Waals surface area contributed by atoms with Crippen LogP contribution in [-0.4, -0.2) is 28.3 Å². The molecule has 1 heterocycles. The Bertz CT molecular complexity index is 446. The third-order valence-electron chi connectivity index (χ3n) is 2.59. The van der Waals surface area contributed by atoms with Crippen molar-refractivity contribution in [1.82, 2.24) is 15.5 Å². The van der Waals surface area contributed by atoms with Crippen molar-refractivity contribution in [3.05, 3.63) is 17.5 Å². The Hall–Kier alpha value is -1.53. The Morgan fingerprint density at radius 3 is 2.37 bits per heavy atom. The Kier molecular flexibility index (Phi) is 4.27. The van der Waals surface area contributed by atoms with E-state index in [1.54, 1.807) is 27.7 Å². The Morgan fingerprint density at radius 1 is 1.42 bits per heavy atom. The highest BCUT2D eigenvalue weighted by molar-refractivity contribution is 5.95. The number of amides is 1. The number of aryl methyl sites for hydroxylation is 1. The van der Waals surface area contributed by atoms with Gasteiger partial charge in [-0.15, -0.1) is 0 Å². The molecule has 0 fully saturated rings. The fourth-order valence-corrected chi connectivity index (χ4v) is 1.68. The van der Waals surface area contributed by atoms with Crippen LogP contribution >= 0.6 is 0 Å². The van der Waals surface area contributed by atoms with Crippen molar-refractivity contribution < 1.29 is 18.0 Å². The van der Waals surface area contributed by atoms with Crippen LogP contribution in [0.2, 0.25) is 0 Å². The maximum atomic E-state index is 12.9. The number of nitrogens with one attached hydrogen (secondary N) is 2. The highest BCUT2D eigenvalue weighted by Crippen LogP contribution is 2.30. The molecule has 7 heteroatoms. The van der Waals surface area contributed by atoms with E-state index in [-0.39, 0.29) is 12.0 Å². The predicted octanol–water partition coefficient (Wildman–Crippen LogP) is 2.82. The molecule has 1 amide bonds. The molecule has 1 unspecified atom stereocenters. The van der Waals surface area contributed by atoms with E-state index in [4.69, 9.17) is 0 Å². The minimum Gasteiger partial charge on any atom is -0.340 e. The average molecular weight is 277 g/mol. The molecule has 0 radical (unpaired) electrons. The van der Waals surface area contributed by atoms with Gasteiger partial charge in [0, 0.05) is 5.69 Å². The number of hydrogen-bond acceptors (Lipinski definition) is 2. The molecule has 1 rings (SSSR count). The number of aromatic nitrogens is 2. The number of halogens is 3. The van der Waals surface area contributed by atoms with Crippen molar-refractivity contribution in [1.29, 1.82) is 0 Å². The second kappa shape index (κ2) is 5.22. The fourth-order valence-electron chi connectivity index (χ4n) is 1.68. The first-order valence-corrected chi connectivity index (χ1v) is 5.88. The predicted molar refractivity (Wildman–Crippen MR) is 64.7 cm³/mol. The molecule has 19 heavy (non-hydrogen) atoms. The number of carbonyl (C=O) groups is 1. The molecule has 0 saturated heterocycles. The highest BCUT2D eigenvalue weighted by Gasteiger charge is 2.42. The third-order valence-corrected chi connectivity index (χ3v) is 2.59. The Morgan fingerprint density at radius 2 is 2.00 bits per heavy atom. The Balaban J connectivity index is 2.85. The number of hydrogen-bond donors (Lipinski definition) is 2. The molecule has 0 aliphatic rings. The molecular formula is C12H18F3N3O. The maximum absolute atomic E-state index is 12.9. The van der Waals surface area contributed by atoms with E-state index >= 15 is 0 Å². The standard InChI is InChI=1S/C12H18F3N3O/c1-7-8(6-16-18-7)10(19)17-9(12(13,14)15)5-11(2,3)4/h6,9H,5H2,1-4H3,(H,16,18)(H,17,19). The monoisotopic (exact) mass is 277 g/mol. The summed E-state index contributed by atoms with van der Waals surface area (Å²) < 4.78 is 38.7. The lowest BCUT2D eigenvalue weighted by atomic mass is 9.87. The van der Waals surface area contributed by atoms with Crippen LogP contribution in [0, 0.1) is 12.3 Å². The topological polar surface area (TPSA) is 57.8 Å². The fraction of sp³-hybridized carbons (Fsp3) is 0.667. The van der Waals surface area contributed by atoms with Crippen LogP contribution in [0.1, 0.15) is 43.2 Å². The zero-order valence-corrected chi connectivity index (χ0v) is 11.4. The maximum Gasteiger partial charge on any atom is 0.408 e. The summed E-state index contributed by atoms with van der Waals surface area (Å²) in [5.41, 5.74) is 0.0242. The smallest absolute Gasteiger partial charge is 0.340 e. The van der Waals surface area contributed by atoms with Gasteiger partial charge in [-0.05, 0) is 18.8 Å². The quantitative estimate of drug-likeness (QED) is 0.892. The van der Waals surface area contributed by atoms with Crippen LogP contribution in [0.4, 0.5) is 13.2 Å². The average Bonchev–Trinajstić information content (AvgIpc) is 2.59. The van der Waals surface area contributed by atoms with Crippen LogP contribution < -0.4 is 5.32 Å². The lowest BCUT2D eigenvalue weighted by molar-refractivity contribution is -0.159. The van der Waals surface area contributed by atoms with Crippen molar-refractivity contribution in [2.24, 2.45) is 5.41 Å². The van der Waals surface area contributed by atoms with Gasteiger partial charge in [-0.2, -0.15) is 18.3 Å². The molecule has 108 valence electrons. The zero-order chi connectivity index (χ0) is 14.8. The van der Waals surface area contributed by atoms with Crippen LogP contribution in [0.15, 0.2) is 6.20 Å². The van der Waals surface area contributed by atoms with Gasteiger partial charge in [-0.3, -0.25) is 9.89 Å². The van der Waals surface area contributed by atoms with Gasteiger partial charge in [0.25, 0.3) is 5.91 Å². The summed E-state index contributed by atoms with van der Waals surface area (Å²) in [4.78, 5) is 11.8. The molecule has 0 bridgehead atoms. The molecule has 4 nitrogen and oxygen atoms in total. The van der Waals surface area contributed by atoms with Gasteiger partial charge in [0.1, 0.15) is 6.04 Å². The highest BCUT2D eigenvalue weighted by atomic mass is 19.4. The van der Waals surface area contributed by atoms with Gasteiger partial charge in [0.2, 0.25) is 0 Å². The molecule has 0 aliphatic heterocycles. The lowest BCUT2D eigenvalue weighted by Crippen LogP contribution is -2.47. The van der Waals surface area contributed by atoms with Crippen LogP contribution in [0.5, 0.6) is 0 Å². The number of carbonyl (C=O) groups excluding carboxylic acids is 1. The van der Waals surface area contributed by atoms with Crippen LogP contribution in [0.3, 0.4) is 0 Å². The first kappa shape index (κ1) is 15.5. The molecule has 1 aromatic rings. The van der Waals surface area contributed by atoms with Gasteiger partial charge in [-0.1, -0.05) is 20.8 Å². The molecular weight excluding hydrogens is 259 g/mol. The molecule has 0 aromatic carbocycles. The zero-order valence-electron chi connectivity index (χ0n) is 11.4. The van der Waals surface area contributed by atoms with Crippen LogP contribution in [-0.2, 0) is 0 Å². The van der Waals surface area contributed by atoms with E-state index in [0.29, 0.717) is 5.69 Å². The minimum absolute atomic E-state index is 0.128. The number of aromatic amines is 1.